The molecule has 1 atom stereocenters. The summed E-state index contributed by atoms with van der Waals surface area (Å²) in [5.74, 6) is 0. The molecule has 11 heavy (non-hydrogen) atoms. The third-order valence-corrected chi connectivity index (χ3v) is 3.66. The lowest BCUT2D eigenvalue weighted by Gasteiger charge is -2.05. The van der Waals surface area contributed by atoms with Crippen LogP contribution in [-0.2, 0) is 9.83 Å². The SMILES string of the molecule is O=S1SN=Cc2ccccc21. The number of benzene rings is 1. The molecule has 0 aliphatic carbocycles. The molecule has 1 heterocycles. The van der Waals surface area contributed by atoms with Crippen molar-refractivity contribution in [2.45, 2.75) is 4.90 Å². The van der Waals surface area contributed by atoms with Gasteiger partial charge in [-0.15, -0.1) is 0 Å². The Hall–Kier alpha value is -0.610. The summed E-state index contributed by atoms with van der Waals surface area (Å²) >= 11 is 0. The highest BCUT2D eigenvalue weighted by atomic mass is 33.1. The van der Waals surface area contributed by atoms with Crippen LogP contribution in [0, 0.1) is 0 Å². The van der Waals surface area contributed by atoms with Crippen LogP contribution < -0.4 is 0 Å². The standard InChI is InChI=1S/C7H5NOS2/c9-11-7-4-2-1-3-6(7)5-8-10-11/h1-5H. The van der Waals surface area contributed by atoms with Crippen molar-refractivity contribution in [2.75, 3.05) is 0 Å². The van der Waals surface area contributed by atoms with Gasteiger partial charge in [-0.3, -0.25) is 0 Å². The van der Waals surface area contributed by atoms with E-state index in [-0.39, 0.29) is 0 Å². The van der Waals surface area contributed by atoms with Crippen LogP contribution in [0.25, 0.3) is 0 Å². The summed E-state index contributed by atoms with van der Waals surface area (Å²) in [5.41, 5.74) is 0.963. The minimum absolute atomic E-state index is 0.868. The van der Waals surface area contributed by atoms with Gasteiger partial charge in [0.2, 0.25) is 0 Å². The van der Waals surface area contributed by atoms with Gasteiger partial charge in [0.1, 0.15) is 9.83 Å². The second kappa shape index (κ2) is 2.79. The highest BCUT2D eigenvalue weighted by Crippen LogP contribution is 2.25. The molecule has 56 valence electrons. The Morgan fingerprint density at radius 2 is 2.18 bits per heavy atom. The van der Waals surface area contributed by atoms with Crippen LogP contribution in [0.3, 0.4) is 0 Å². The maximum absolute atomic E-state index is 11.2. The first kappa shape index (κ1) is 7.06. The molecule has 1 aromatic rings. The Morgan fingerprint density at radius 1 is 1.36 bits per heavy atom. The highest BCUT2D eigenvalue weighted by Gasteiger charge is 2.11. The van der Waals surface area contributed by atoms with Crippen molar-refractivity contribution >= 4 is 27.0 Å². The van der Waals surface area contributed by atoms with Crippen molar-refractivity contribution in [1.82, 2.24) is 0 Å². The van der Waals surface area contributed by atoms with E-state index >= 15 is 0 Å². The Morgan fingerprint density at radius 3 is 3.00 bits per heavy atom. The second-order valence-corrected chi connectivity index (χ2v) is 4.71. The molecule has 1 aromatic carbocycles. The fraction of sp³-hybridized carbons (Fsp3) is 0. The van der Waals surface area contributed by atoms with Crippen LogP contribution in [0.2, 0.25) is 0 Å². The summed E-state index contributed by atoms with van der Waals surface area (Å²) in [5, 5.41) is 0. The molecule has 0 saturated carbocycles. The van der Waals surface area contributed by atoms with Crippen LogP contribution >= 0.6 is 11.0 Å². The number of rotatable bonds is 0. The Bertz CT molecular complexity index is 335. The molecule has 0 radical (unpaired) electrons. The van der Waals surface area contributed by atoms with E-state index < -0.39 is 9.83 Å². The number of nitrogens with zero attached hydrogens (tertiary/aromatic N) is 1. The van der Waals surface area contributed by atoms with Gasteiger partial charge in [-0.2, -0.15) is 0 Å². The molecule has 0 N–H and O–H groups in total. The quantitative estimate of drug-likeness (QED) is 0.453. The summed E-state index contributed by atoms with van der Waals surface area (Å²) in [4.78, 5) is 0.868. The fourth-order valence-corrected chi connectivity index (χ4v) is 2.77. The average molecular weight is 183 g/mol. The van der Waals surface area contributed by atoms with Gasteiger partial charge < -0.3 is 0 Å². The van der Waals surface area contributed by atoms with Gasteiger partial charge in [0.05, 0.1) is 15.9 Å². The topological polar surface area (TPSA) is 29.4 Å². The van der Waals surface area contributed by atoms with Crippen LogP contribution in [0.4, 0.5) is 0 Å². The van der Waals surface area contributed by atoms with Gasteiger partial charge in [-0.05, 0) is 6.07 Å². The van der Waals surface area contributed by atoms with E-state index in [4.69, 9.17) is 0 Å². The van der Waals surface area contributed by atoms with Crippen molar-refractivity contribution in [3.8, 4) is 0 Å². The number of fused-ring (bicyclic) bond motifs is 1. The molecule has 4 heteroatoms. The predicted molar refractivity (Wildman–Crippen MR) is 48.0 cm³/mol. The molecular formula is C7H5NOS2. The first-order valence-corrected chi connectivity index (χ1v) is 5.53. The van der Waals surface area contributed by atoms with Crippen LogP contribution in [0.1, 0.15) is 5.56 Å². The summed E-state index contributed by atoms with van der Waals surface area (Å²) in [6, 6.07) is 7.58. The Balaban J connectivity index is 2.63. The lowest BCUT2D eigenvalue weighted by molar-refractivity contribution is 0.691. The monoisotopic (exact) mass is 183 g/mol. The predicted octanol–water partition coefficient (Wildman–Crippen LogP) is 1.79. The van der Waals surface area contributed by atoms with E-state index in [1.54, 1.807) is 6.21 Å². The largest absolute Gasteiger partial charge is 0.241 e. The van der Waals surface area contributed by atoms with Crippen molar-refractivity contribution in [2.24, 2.45) is 4.40 Å². The van der Waals surface area contributed by atoms with Crippen LogP contribution in [-0.4, -0.2) is 10.4 Å². The molecule has 0 spiro atoms. The van der Waals surface area contributed by atoms with Gasteiger partial charge >= 0.3 is 0 Å². The molecule has 1 aliphatic heterocycles. The molecule has 1 aliphatic rings. The van der Waals surface area contributed by atoms with Crippen molar-refractivity contribution in [1.29, 1.82) is 0 Å². The zero-order valence-corrected chi connectivity index (χ0v) is 7.19. The number of hydrogen-bond donors (Lipinski definition) is 0. The summed E-state index contributed by atoms with van der Waals surface area (Å²) in [7, 11) is 0.106. The van der Waals surface area contributed by atoms with E-state index in [0.29, 0.717) is 0 Å². The van der Waals surface area contributed by atoms with Gasteiger partial charge in [0, 0.05) is 11.8 Å². The van der Waals surface area contributed by atoms with Crippen LogP contribution in [0.15, 0.2) is 33.6 Å². The fourth-order valence-electron chi connectivity index (χ4n) is 0.897. The zero-order chi connectivity index (χ0) is 7.68. The first-order chi connectivity index (χ1) is 5.38. The molecule has 0 bridgehead atoms. The third kappa shape index (κ3) is 1.23. The maximum Gasteiger partial charge on any atom is 0.136 e. The van der Waals surface area contributed by atoms with Crippen molar-refractivity contribution in [3.63, 3.8) is 0 Å². The van der Waals surface area contributed by atoms with E-state index in [1.807, 2.05) is 24.3 Å². The molecule has 0 aromatic heterocycles. The lowest BCUT2D eigenvalue weighted by Crippen LogP contribution is -1.96. The van der Waals surface area contributed by atoms with Crippen molar-refractivity contribution < 1.29 is 4.21 Å². The number of hydrogen-bond acceptors (Lipinski definition) is 3. The van der Waals surface area contributed by atoms with E-state index in [2.05, 4.69) is 4.40 Å². The minimum atomic E-state index is -0.996. The van der Waals surface area contributed by atoms with Gasteiger partial charge in [0.25, 0.3) is 0 Å². The van der Waals surface area contributed by atoms with Gasteiger partial charge in [-0.25, -0.2) is 8.61 Å². The minimum Gasteiger partial charge on any atom is -0.241 e. The maximum atomic E-state index is 11.2. The first-order valence-electron chi connectivity index (χ1n) is 3.09. The molecule has 0 amide bonds. The zero-order valence-electron chi connectivity index (χ0n) is 5.56. The average Bonchev–Trinajstić information content (AvgIpc) is 2.06. The van der Waals surface area contributed by atoms with E-state index in [9.17, 15) is 4.21 Å². The summed E-state index contributed by atoms with van der Waals surface area (Å²) in [6.45, 7) is 0. The summed E-state index contributed by atoms with van der Waals surface area (Å²) < 4.78 is 15.1. The molecule has 2 rings (SSSR count). The third-order valence-electron chi connectivity index (χ3n) is 1.40. The molecule has 2 nitrogen and oxygen atoms in total. The molecule has 0 fully saturated rings. The summed E-state index contributed by atoms with van der Waals surface area (Å²) in [6.07, 6.45) is 1.74. The van der Waals surface area contributed by atoms with Crippen molar-refractivity contribution in [3.05, 3.63) is 29.8 Å². The van der Waals surface area contributed by atoms with E-state index in [1.165, 1.54) is 0 Å². The second-order valence-electron chi connectivity index (χ2n) is 2.08. The smallest absolute Gasteiger partial charge is 0.136 e. The Kier molecular flexibility index (Phi) is 1.79. The molecule has 1 unspecified atom stereocenters. The van der Waals surface area contributed by atoms with E-state index in [0.717, 1.165) is 21.4 Å². The Labute approximate surface area is 70.7 Å². The highest BCUT2D eigenvalue weighted by molar-refractivity contribution is 8.68. The molecular weight excluding hydrogens is 178 g/mol. The van der Waals surface area contributed by atoms with Gasteiger partial charge in [-0.1, -0.05) is 18.2 Å². The normalized spacial score (nSPS) is 21.3. The van der Waals surface area contributed by atoms with Crippen LogP contribution in [0.5, 0.6) is 0 Å². The van der Waals surface area contributed by atoms with Gasteiger partial charge in [0.15, 0.2) is 0 Å². The molecule has 0 saturated heterocycles. The lowest BCUT2D eigenvalue weighted by atomic mass is 10.2.